The molecule has 0 spiro atoms. The normalized spacial score (nSPS) is 13.4. The van der Waals surface area contributed by atoms with Gasteiger partial charge in [-0.1, -0.05) is 0 Å². The summed E-state index contributed by atoms with van der Waals surface area (Å²) in [5, 5.41) is 3.10. The molecule has 12 heteroatoms. The van der Waals surface area contributed by atoms with Crippen molar-refractivity contribution in [2.75, 3.05) is 10.0 Å². The van der Waals surface area contributed by atoms with Gasteiger partial charge in [0, 0.05) is 29.9 Å². The highest BCUT2D eigenvalue weighted by Gasteiger charge is 2.27. The number of hydrogen-bond donors (Lipinski definition) is 2. The fourth-order valence-corrected chi connectivity index (χ4v) is 4.73. The van der Waals surface area contributed by atoms with E-state index in [-0.39, 0.29) is 5.69 Å². The molecule has 9 nitrogen and oxygen atoms in total. The molecule has 1 aliphatic rings. The van der Waals surface area contributed by atoms with Gasteiger partial charge in [0.15, 0.2) is 0 Å². The van der Waals surface area contributed by atoms with Gasteiger partial charge in [-0.15, -0.1) is 0 Å². The lowest BCUT2D eigenvalue weighted by Crippen LogP contribution is -2.16. The van der Waals surface area contributed by atoms with Gasteiger partial charge < -0.3 is 5.32 Å². The molecule has 0 bridgehead atoms. The van der Waals surface area contributed by atoms with E-state index in [0.29, 0.717) is 46.4 Å². The van der Waals surface area contributed by atoms with Crippen molar-refractivity contribution < 1.29 is 17.2 Å². The molecule has 0 amide bonds. The second kappa shape index (κ2) is 9.19. The summed E-state index contributed by atoms with van der Waals surface area (Å²) < 4.78 is 55.2. The molecule has 1 saturated carbocycles. The summed E-state index contributed by atoms with van der Waals surface area (Å²) >= 11 is 0. The monoisotopic (exact) mass is 509 g/mol. The van der Waals surface area contributed by atoms with E-state index in [1.165, 1.54) is 0 Å². The third kappa shape index (κ3) is 5.13. The Morgan fingerprint density at radius 1 is 0.944 bits per heavy atom. The molecule has 1 fully saturated rings. The average molecular weight is 510 g/mol. The molecule has 3 aromatic heterocycles. The van der Waals surface area contributed by atoms with Crippen molar-refractivity contribution in [3.63, 3.8) is 0 Å². The average Bonchev–Trinajstić information content (AvgIpc) is 3.65. The maximum absolute atomic E-state index is 14.1. The molecule has 0 unspecified atom stereocenters. The summed E-state index contributed by atoms with van der Waals surface area (Å²) in [5.74, 6) is 0.566. The van der Waals surface area contributed by atoms with Crippen molar-refractivity contribution in [2.45, 2.75) is 37.5 Å². The maximum Gasteiger partial charge on any atom is 0.264 e. The number of halogens is 2. The van der Waals surface area contributed by atoms with Crippen molar-refractivity contribution in [3.8, 4) is 11.1 Å². The second-order valence-corrected chi connectivity index (χ2v) is 10.1. The number of anilines is 3. The summed E-state index contributed by atoms with van der Waals surface area (Å²) in [4.78, 5) is 21.1. The Kier molecular flexibility index (Phi) is 6.04. The number of rotatable bonds is 7. The Morgan fingerprint density at radius 3 is 2.50 bits per heavy atom. The first-order valence-corrected chi connectivity index (χ1v) is 12.6. The van der Waals surface area contributed by atoms with Crippen LogP contribution in [0.3, 0.4) is 0 Å². The molecule has 1 aliphatic carbocycles. The van der Waals surface area contributed by atoms with Gasteiger partial charge in [0.25, 0.3) is 10.0 Å². The summed E-state index contributed by atoms with van der Waals surface area (Å²) in [5.41, 5.74) is 1.82. The van der Waals surface area contributed by atoms with Crippen LogP contribution in [0.4, 0.5) is 26.2 Å². The van der Waals surface area contributed by atoms with Crippen LogP contribution < -0.4 is 10.0 Å². The number of benzene rings is 1. The Hall–Kier alpha value is -4.06. The van der Waals surface area contributed by atoms with Gasteiger partial charge in [0.2, 0.25) is 5.95 Å². The van der Waals surface area contributed by atoms with Crippen molar-refractivity contribution >= 4 is 27.5 Å². The highest BCUT2D eigenvalue weighted by Crippen LogP contribution is 2.38. The molecule has 0 atom stereocenters. The van der Waals surface area contributed by atoms with Crippen LogP contribution >= 0.6 is 0 Å². The Labute approximate surface area is 206 Å². The highest BCUT2D eigenvalue weighted by molar-refractivity contribution is 7.92. The largest absolute Gasteiger partial charge is 0.309 e. The van der Waals surface area contributed by atoms with Gasteiger partial charge in [0.05, 0.1) is 11.4 Å². The van der Waals surface area contributed by atoms with Gasteiger partial charge in [-0.05, 0) is 62.6 Å². The third-order valence-corrected chi connectivity index (χ3v) is 6.95. The summed E-state index contributed by atoms with van der Waals surface area (Å²) in [7, 11) is -4.32. The lowest BCUT2D eigenvalue weighted by Gasteiger charge is -2.13. The van der Waals surface area contributed by atoms with E-state index in [0.717, 1.165) is 30.8 Å². The van der Waals surface area contributed by atoms with Crippen LogP contribution in [-0.2, 0) is 10.0 Å². The molecular formula is C24H21F2N7O2S. The van der Waals surface area contributed by atoms with E-state index >= 15 is 0 Å². The fraction of sp³-hybridized carbons (Fsp3) is 0.208. The summed E-state index contributed by atoms with van der Waals surface area (Å²) in [6, 6.07) is 7.34. The standard InChI is InChI=1S/C24H21F2N7O2S/c1-13-20(33-36(34,35)21-6-5-18(25)11-19(21)26)9-17(12-28-13)16-7-8-27-22(10-16)31-24-30-14(2)29-23(32-24)15-3-4-15/h5-12,15,33H,3-4H2,1-2H3,(H,27,29,30,31,32). The number of aromatic nitrogens is 5. The van der Waals surface area contributed by atoms with E-state index in [1.807, 2.05) is 0 Å². The van der Waals surface area contributed by atoms with E-state index < -0.39 is 26.6 Å². The molecule has 36 heavy (non-hydrogen) atoms. The number of nitrogens with one attached hydrogen (secondary N) is 2. The fourth-order valence-electron chi connectivity index (χ4n) is 3.56. The Morgan fingerprint density at radius 2 is 1.75 bits per heavy atom. The molecule has 0 aliphatic heterocycles. The van der Waals surface area contributed by atoms with Gasteiger partial charge in [0.1, 0.15) is 34.0 Å². The van der Waals surface area contributed by atoms with Gasteiger partial charge >= 0.3 is 0 Å². The van der Waals surface area contributed by atoms with Crippen LogP contribution in [0.2, 0.25) is 0 Å². The van der Waals surface area contributed by atoms with Crippen molar-refractivity contribution in [1.29, 1.82) is 0 Å². The Balaban J connectivity index is 1.42. The van der Waals surface area contributed by atoms with E-state index in [9.17, 15) is 17.2 Å². The van der Waals surface area contributed by atoms with Crippen LogP contribution in [0.15, 0.2) is 53.7 Å². The number of sulfonamides is 1. The van der Waals surface area contributed by atoms with E-state index in [1.54, 1.807) is 44.4 Å². The van der Waals surface area contributed by atoms with Crippen molar-refractivity contribution in [2.24, 2.45) is 0 Å². The minimum Gasteiger partial charge on any atom is -0.309 e. The maximum atomic E-state index is 14.1. The smallest absolute Gasteiger partial charge is 0.264 e. The second-order valence-electron chi connectivity index (χ2n) is 8.43. The van der Waals surface area contributed by atoms with E-state index in [4.69, 9.17) is 0 Å². The molecule has 184 valence electrons. The molecule has 2 N–H and O–H groups in total. The summed E-state index contributed by atoms with van der Waals surface area (Å²) in [6.07, 6.45) is 5.31. The van der Waals surface area contributed by atoms with Crippen LogP contribution in [0.1, 0.15) is 36.1 Å². The first-order chi connectivity index (χ1) is 17.2. The van der Waals surface area contributed by atoms with Crippen molar-refractivity contribution in [1.82, 2.24) is 24.9 Å². The zero-order chi connectivity index (χ0) is 25.4. The van der Waals surface area contributed by atoms with Crippen LogP contribution in [0, 0.1) is 25.5 Å². The van der Waals surface area contributed by atoms with Gasteiger partial charge in [-0.2, -0.15) is 9.97 Å². The van der Waals surface area contributed by atoms with Gasteiger partial charge in [-0.25, -0.2) is 27.2 Å². The predicted molar refractivity (Wildman–Crippen MR) is 129 cm³/mol. The van der Waals surface area contributed by atoms with Gasteiger partial charge in [-0.3, -0.25) is 9.71 Å². The van der Waals surface area contributed by atoms with Crippen LogP contribution in [0.5, 0.6) is 0 Å². The molecule has 4 aromatic rings. The number of pyridine rings is 2. The van der Waals surface area contributed by atoms with Crippen LogP contribution in [0.25, 0.3) is 11.1 Å². The number of aryl methyl sites for hydroxylation is 2. The molecular weight excluding hydrogens is 488 g/mol. The molecule has 0 radical (unpaired) electrons. The molecule has 5 rings (SSSR count). The first-order valence-electron chi connectivity index (χ1n) is 11.1. The molecule has 1 aromatic carbocycles. The lowest BCUT2D eigenvalue weighted by atomic mass is 10.1. The number of hydrogen-bond acceptors (Lipinski definition) is 8. The van der Waals surface area contributed by atoms with E-state index in [2.05, 4.69) is 35.0 Å². The SMILES string of the molecule is Cc1nc(Nc2cc(-c3cnc(C)c(NS(=O)(=O)c4ccc(F)cc4F)c3)ccn2)nc(C2CC2)n1. The Bertz CT molecular complexity index is 1580. The lowest BCUT2D eigenvalue weighted by molar-refractivity contribution is 0.551. The predicted octanol–water partition coefficient (Wildman–Crippen LogP) is 4.65. The number of nitrogens with zero attached hydrogens (tertiary/aromatic N) is 5. The van der Waals surface area contributed by atoms with Crippen LogP contribution in [-0.4, -0.2) is 33.3 Å². The minimum absolute atomic E-state index is 0.157. The highest BCUT2D eigenvalue weighted by atomic mass is 32.2. The molecule has 3 heterocycles. The minimum atomic E-state index is -4.32. The first kappa shape index (κ1) is 23.7. The molecule has 0 saturated heterocycles. The quantitative estimate of drug-likeness (QED) is 0.369. The zero-order valence-electron chi connectivity index (χ0n) is 19.3. The zero-order valence-corrected chi connectivity index (χ0v) is 20.1. The van der Waals surface area contributed by atoms with Crippen molar-refractivity contribution in [3.05, 3.63) is 77.8 Å². The topological polar surface area (TPSA) is 123 Å². The summed E-state index contributed by atoms with van der Waals surface area (Å²) in [6.45, 7) is 3.42. The third-order valence-electron chi connectivity index (χ3n) is 5.55.